The number of fused-ring (bicyclic) bond motifs is 1. The molecule has 0 fully saturated rings. The summed E-state index contributed by atoms with van der Waals surface area (Å²) in [6, 6.07) is 0. The molecular formula is C11H20N5O3P. The Morgan fingerprint density at radius 1 is 1.35 bits per heavy atom. The molecule has 0 bridgehead atoms. The Kier molecular flexibility index (Phi) is 6.74. The molecule has 0 aliphatic heterocycles. The molecule has 0 amide bonds. The number of hydrogen-bond acceptors (Lipinski definition) is 7. The van der Waals surface area contributed by atoms with Crippen molar-refractivity contribution in [3.63, 3.8) is 0 Å². The van der Waals surface area contributed by atoms with E-state index in [4.69, 9.17) is 20.3 Å². The Hall–Kier alpha value is -1.34. The third kappa shape index (κ3) is 4.35. The Labute approximate surface area is 118 Å². The maximum atomic E-state index is 8.77. The standard InChI is InChI=1S/C9H14N5O3P.C2H6/c1-6(17-5-18(15)16)2-14-4-13-7-8(10)11-3-12-9(7)14;1-2/h3-4,6,15-16H,2,5H2,1H3,(H2,10,11,12);1-2H3. The minimum absolute atomic E-state index is 0.0692. The molecule has 2 aromatic rings. The molecule has 20 heavy (non-hydrogen) atoms. The molecule has 0 aromatic carbocycles. The average molecular weight is 301 g/mol. The molecule has 0 radical (unpaired) electrons. The fourth-order valence-electron chi connectivity index (χ4n) is 1.56. The summed E-state index contributed by atoms with van der Waals surface area (Å²) in [6.07, 6.45) is 2.72. The van der Waals surface area contributed by atoms with Gasteiger partial charge in [0.05, 0.1) is 19.0 Å². The quantitative estimate of drug-likeness (QED) is 0.707. The molecule has 2 rings (SSSR count). The average Bonchev–Trinajstić information content (AvgIpc) is 2.84. The van der Waals surface area contributed by atoms with Gasteiger partial charge < -0.3 is 24.8 Å². The molecule has 4 N–H and O–H groups in total. The van der Waals surface area contributed by atoms with Crippen LogP contribution in [0.5, 0.6) is 0 Å². The smallest absolute Gasteiger partial charge is 0.192 e. The van der Waals surface area contributed by atoms with E-state index in [0.29, 0.717) is 23.5 Å². The van der Waals surface area contributed by atoms with E-state index >= 15 is 0 Å². The lowest BCUT2D eigenvalue weighted by Gasteiger charge is -2.14. The number of nitrogen functional groups attached to an aromatic ring is 1. The first-order valence-corrected chi connectivity index (χ1v) is 7.69. The van der Waals surface area contributed by atoms with Crippen LogP contribution in [-0.4, -0.2) is 41.8 Å². The molecular weight excluding hydrogens is 281 g/mol. The second-order valence-electron chi connectivity index (χ2n) is 3.81. The molecule has 2 heterocycles. The minimum Gasteiger partial charge on any atom is -0.382 e. The Bertz CT molecular complexity index is 534. The summed E-state index contributed by atoms with van der Waals surface area (Å²) in [6.45, 7) is 6.32. The summed E-state index contributed by atoms with van der Waals surface area (Å²) in [5.74, 6) is 0.335. The van der Waals surface area contributed by atoms with E-state index in [1.165, 1.54) is 6.33 Å². The molecule has 1 atom stereocenters. The van der Waals surface area contributed by atoms with Crippen molar-refractivity contribution < 1.29 is 14.5 Å². The third-order valence-corrected chi connectivity index (χ3v) is 2.74. The van der Waals surface area contributed by atoms with Crippen molar-refractivity contribution in [1.82, 2.24) is 19.5 Å². The SMILES string of the molecule is CC.CC(Cn1cnc2c(N)ncnc21)OCP(O)O. The van der Waals surface area contributed by atoms with Crippen LogP contribution < -0.4 is 5.73 Å². The van der Waals surface area contributed by atoms with Gasteiger partial charge in [0, 0.05) is 0 Å². The van der Waals surface area contributed by atoms with Crippen LogP contribution in [0, 0.1) is 0 Å². The molecule has 0 aliphatic rings. The molecule has 2 aromatic heterocycles. The van der Waals surface area contributed by atoms with E-state index < -0.39 is 8.38 Å². The van der Waals surface area contributed by atoms with Gasteiger partial charge in [-0.1, -0.05) is 13.8 Å². The number of nitrogens with two attached hydrogens (primary N) is 1. The first-order chi connectivity index (χ1) is 9.58. The summed E-state index contributed by atoms with van der Waals surface area (Å²) < 4.78 is 7.05. The van der Waals surface area contributed by atoms with Crippen molar-refractivity contribution in [3.8, 4) is 0 Å². The van der Waals surface area contributed by atoms with Crippen LogP contribution in [-0.2, 0) is 11.3 Å². The van der Waals surface area contributed by atoms with E-state index in [-0.39, 0.29) is 12.5 Å². The number of rotatable bonds is 5. The van der Waals surface area contributed by atoms with Crippen LogP contribution in [0.2, 0.25) is 0 Å². The summed E-state index contributed by atoms with van der Waals surface area (Å²) in [5.41, 5.74) is 6.86. The molecule has 9 heteroatoms. The van der Waals surface area contributed by atoms with Crippen molar-refractivity contribution in [2.75, 3.05) is 12.1 Å². The zero-order valence-electron chi connectivity index (χ0n) is 11.8. The number of hydrogen-bond donors (Lipinski definition) is 3. The van der Waals surface area contributed by atoms with Crippen molar-refractivity contribution in [2.24, 2.45) is 0 Å². The fraction of sp³-hybridized carbons (Fsp3) is 0.545. The van der Waals surface area contributed by atoms with Gasteiger partial charge in [-0.25, -0.2) is 15.0 Å². The highest BCUT2D eigenvalue weighted by Crippen LogP contribution is 2.23. The van der Waals surface area contributed by atoms with E-state index in [1.807, 2.05) is 20.8 Å². The van der Waals surface area contributed by atoms with Gasteiger partial charge in [0.15, 0.2) is 19.8 Å². The summed E-state index contributed by atoms with van der Waals surface area (Å²) in [7, 11) is -2.03. The second kappa shape index (κ2) is 8.06. The van der Waals surface area contributed by atoms with E-state index in [9.17, 15) is 0 Å². The topological polar surface area (TPSA) is 119 Å². The van der Waals surface area contributed by atoms with Gasteiger partial charge >= 0.3 is 0 Å². The lowest BCUT2D eigenvalue weighted by Crippen LogP contribution is -2.16. The van der Waals surface area contributed by atoms with Gasteiger partial charge in [-0.2, -0.15) is 0 Å². The highest BCUT2D eigenvalue weighted by molar-refractivity contribution is 7.44. The molecule has 1 unspecified atom stereocenters. The summed E-state index contributed by atoms with van der Waals surface area (Å²) in [5, 5.41) is 0. The van der Waals surface area contributed by atoms with Gasteiger partial charge in [-0.3, -0.25) is 0 Å². The van der Waals surface area contributed by atoms with Crippen molar-refractivity contribution in [3.05, 3.63) is 12.7 Å². The van der Waals surface area contributed by atoms with Gasteiger partial charge in [0.25, 0.3) is 0 Å². The number of nitrogens with zero attached hydrogens (tertiary/aromatic N) is 4. The largest absolute Gasteiger partial charge is 0.382 e. The van der Waals surface area contributed by atoms with Gasteiger partial charge in [0.1, 0.15) is 18.2 Å². The van der Waals surface area contributed by atoms with Crippen LogP contribution in [0.25, 0.3) is 11.2 Å². The van der Waals surface area contributed by atoms with Gasteiger partial charge in [-0.15, -0.1) is 0 Å². The lowest BCUT2D eigenvalue weighted by atomic mass is 10.4. The normalized spacial score (nSPS) is 12.3. The van der Waals surface area contributed by atoms with Crippen LogP contribution in [0.15, 0.2) is 12.7 Å². The van der Waals surface area contributed by atoms with Crippen LogP contribution in [0.3, 0.4) is 0 Å². The summed E-state index contributed by atoms with van der Waals surface area (Å²) >= 11 is 0. The molecule has 112 valence electrons. The lowest BCUT2D eigenvalue weighted by molar-refractivity contribution is 0.0822. The zero-order chi connectivity index (χ0) is 15.1. The maximum Gasteiger partial charge on any atom is 0.192 e. The molecule has 0 spiro atoms. The van der Waals surface area contributed by atoms with Gasteiger partial charge in [-0.05, 0) is 6.92 Å². The fourth-order valence-corrected chi connectivity index (χ4v) is 1.94. The number of anilines is 1. The predicted octanol–water partition coefficient (Wildman–Crippen LogP) is 1.09. The molecule has 0 aliphatic carbocycles. The van der Waals surface area contributed by atoms with Crippen LogP contribution >= 0.6 is 8.38 Å². The third-order valence-electron chi connectivity index (χ3n) is 2.36. The highest BCUT2D eigenvalue weighted by Gasteiger charge is 2.11. The molecule has 0 saturated carbocycles. The zero-order valence-corrected chi connectivity index (χ0v) is 12.7. The van der Waals surface area contributed by atoms with Crippen LogP contribution in [0.1, 0.15) is 20.8 Å². The number of aromatic nitrogens is 4. The Balaban J connectivity index is 0.000000956. The molecule has 0 saturated heterocycles. The summed E-state index contributed by atoms with van der Waals surface area (Å²) in [4.78, 5) is 29.6. The van der Waals surface area contributed by atoms with E-state index in [2.05, 4.69) is 15.0 Å². The monoisotopic (exact) mass is 301 g/mol. The van der Waals surface area contributed by atoms with Crippen molar-refractivity contribution >= 4 is 25.4 Å². The highest BCUT2D eigenvalue weighted by atomic mass is 31.2. The Morgan fingerprint density at radius 2 is 2.05 bits per heavy atom. The first kappa shape index (κ1) is 16.7. The first-order valence-electron chi connectivity index (χ1n) is 6.26. The number of ether oxygens (including phenoxy) is 1. The second-order valence-corrected chi connectivity index (χ2v) is 4.81. The van der Waals surface area contributed by atoms with Crippen molar-refractivity contribution in [1.29, 1.82) is 0 Å². The van der Waals surface area contributed by atoms with Crippen molar-refractivity contribution in [2.45, 2.75) is 33.4 Å². The predicted molar refractivity (Wildman–Crippen MR) is 77.9 cm³/mol. The van der Waals surface area contributed by atoms with Crippen LogP contribution in [0.4, 0.5) is 5.82 Å². The Morgan fingerprint density at radius 3 is 2.70 bits per heavy atom. The maximum absolute atomic E-state index is 8.77. The minimum atomic E-state index is -2.03. The van der Waals surface area contributed by atoms with Gasteiger partial charge in [0.2, 0.25) is 0 Å². The van der Waals surface area contributed by atoms with E-state index in [0.717, 1.165) is 0 Å². The number of imidazole rings is 1. The van der Waals surface area contributed by atoms with E-state index in [1.54, 1.807) is 10.9 Å². The molecule has 8 nitrogen and oxygen atoms in total.